The first-order valence-electron chi connectivity index (χ1n) is 9.14. The van der Waals surface area contributed by atoms with Crippen molar-refractivity contribution in [3.05, 3.63) is 59.7 Å². The predicted octanol–water partition coefficient (Wildman–Crippen LogP) is 2.93. The van der Waals surface area contributed by atoms with Crippen LogP contribution in [-0.2, 0) is 16.1 Å². The van der Waals surface area contributed by atoms with Crippen LogP contribution in [0.4, 0.5) is 5.69 Å². The van der Waals surface area contributed by atoms with Crippen molar-refractivity contribution in [1.82, 2.24) is 4.90 Å². The first kappa shape index (κ1) is 17.5. The Morgan fingerprint density at radius 1 is 1.11 bits per heavy atom. The first-order chi connectivity index (χ1) is 13.1. The summed E-state index contributed by atoms with van der Waals surface area (Å²) in [5, 5.41) is 12.3. The van der Waals surface area contributed by atoms with Gasteiger partial charge in [0.25, 0.3) is 5.91 Å². The Morgan fingerprint density at radius 3 is 2.52 bits per heavy atom. The van der Waals surface area contributed by atoms with E-state index in [2.05, 4.69) is 5.32 Å². The number of benzene rings is 2. The van der Waals surface area contributed by atoms with Crippen LogP contribution in [-0.4, -0.2) is 40.6 Å². The molecule has 0 atom stereocenters. The highest BCUT2D eigenvalue weighted by molar-refractivity contribution is 5.99. The Balaban J connectivity index is 1.55. The molecule has 0 aliphatic carbocycles. The minimum absolute atomic E-state index is 0.00932. The fourth-order valence-corrected chi connectivity index (χ4v) is 3.98. The minimum atomic E-state index is -0.546. The number of phenolic OH excluding ortho intramolecular Hbond substituents is 1. The number of ether oxygens (including phenoxy) is 1. The zero-order valence-corrected chi connectivity index (χ0v) is 15.0. The van der Waals surface area contributed by atoms with Crippen LogP contribution in [0.5, 0.6) is 5.75 Å². The van der Waals surface area contributed by atoms with Gasteiger partial charge in [-0.25, -0.2) is 0 Å². The van der Waals surface area contributed by atoms with Crippen molar-refractivity contribution in [1.29, 1.82) is 0 Å². The quantitative estimate of drug-likeness (QED) is 0.816. The van der Waals surface area contributed by atoms with E-state index in [1.807, 2.05) is 29.2 Å². The fraction of sp³-hybridized carbons (Fsp3) is 0.333. The SMILES string of the molecule is O=C(CC1(N2Cc3ccccc3C2=O)CCOCC1)Nc1ccc(O)cc1. The van der Waals surface area contributed by atoms with Gasteiger partial charge in [-0.15, -0.1) is 0 Å². The average Bonchev–Trinajstić information content (AvgIpc) is 3.02. The van der Waals surface area contributed by atoms with E-state index in [4.69, 9.17) is 4.74 Å². The second-order valence-electron chi connectivity index (χ2n) is 7.16. The highest BCUT2D eigenvalue weighted by Crippen LogP contribution is 2.38. The van der Waals surface area contributed by atoms with E-state index in [0.717, 1.165) is 11.1 Å². The number of amides is 2. The van der Waals surface area contributed by atoms with Gasteiger partial charge in [0.1, 0.15) is 5.75 Å². The second-order valence-corrected chi connectivity index (χ2v) is 7.16. The molecule has 0 unspecified atom stereocenters. The van der Waals surface area contributed by atoms with Crippen molar-refractivity contribution in [2.75, 3.05) is 18.5 Å². The molecule has 0 aromatic heterocycles. The second kappa shape index (κ2) is 7.04. The number of aromatic hydroxyl groups is 1. The molecule has 2 aliphatic heterocycles. The van der Waals surface area contributed by atoms with Crippen molar-refractivity contribution in [2.24, 2.45) is 0 Å². The monoisotopic (exact) mass is 366 g/mol. The van der Waals surface area contributed by atoms with Crippen molar-refractivity contribution in [3.63, 3.8) is 0 Å². The number of hydrogen-bond donors (Lipinski definition) is 2. The molecule has 1 fully saturated rings. The van der Waals surface area contributed by atoms with Gasteiger partial charge >= 0.3 is 0 Å². The molecule has 0 bridgehead atoms. The van der Waals surface area contributed by atoms with Gasteiger partial charge in [0.05, 0.1) is 12.0 Å². The molecular weight excluding hydrogens is 344 g/mol. The normalized spacial score (nSPS) is 18.2. The number of rotatable bonds is 4. The Labute approximate surface area is 157 Å². The number of carbonyl (C=O) groups excluding carboxylic acids is 2. The summed E-state index contributed by atoms with van der Waals surface area (Å²) in [6.45, 7) is 1.60. The van der Waals surface area contributed by atoms with E-state index in [-0.39, 0.29) is 24.0 Å². The van der Waals surface area contributed by atoms with Crippen molar-refractivity contribution >= 4 is 17.5 Å². The van der Waals surface area contributed by atoms with Gasteiger partial charge in [0.15, 0.2) is 0 Å². The van der Waals surface area contributed by atoms with Gasteiger partial charge in [-0.1, -0.05) is 18.2 Å². The maximum absolute atomic E-state index is 13.0. The molecule has 6 nitrogen and oxygen atoms in total. The maximum Gasteiger partial charge on any atom is 0.254 e. The van der Waals surface area contributed by atoms with Crippen LogP contribution in [0.3, 0.4) is 0 Å². The van der Waals surface area contributed by atoms with E-state index >= 15 is 0 Å². The molecule has 0 radical (unpaired) electrons. The average molecular weight is 366 g/mol. The van der Waals surface area contributed by atoms with Gasteiger partial charge in [-0.05, 0) is 48.7 Å². The summed E-state index contributed by atoms with van der Waals surface area (Å²) in [5.74, 6) is -0.00870. The minimum Gasteiger partial charge on any atom is -0.508 e. The molecular formula is C21H22N2O4. The number of carbonyl (C=O) groups is 2. The van der Waals surface area contributed by atoms with E-state index in [0.29, 0.717) is 38.3 Å². The van der Waals surface area contributed by atoms with Crippen LogP contribution in [0.15, 0.2) is 48.5 Å². The Bertz CT molecular complexity index is 857. The van der Waals surface area contributed by atoms with Gasteiger partial charge in [-0.3, -0.25) is 9.59 Å². The molecule has 27 heavy (non-hydrogen) atoms. The number of phenols is 1. The van der Waals surface area contributed by atoms with Crippen LogP contribution in [0, 0.1) is 0 Å². The largest absolute Gasteiger partial charge is 0.508 e. The lowest BCUT2D eigenvalue weighted by molar-refractivity contribution is -0.120. The number of nitrogens with one attached hydrogen (secondary N) is 1. The van der Waals surface area contributed by atoms with E-state index < -0.39 is 5.54 Å². The summed E-state index contributed by atoms with van der Waals surface area (Å²) in [6, 6.07) is 14.0. The van der Waals surface area contributed by atoms with Gasteiger partial charge < -0.3 is 20.1 Å². The predicted molar refractivity (Wildman–Crippen MR) is 100 cm³/mol. The molecule has 140 valence electrons. The Hall–Kier alpha value is -2.86. The summed E-state index contributed by atoms with van der Waals surface area (Å²) in [4.78, 5) is 27.6. The molecule has 6 heteroatoms. The maximum atomic E-state index is 13.0. The third-order valence-corrected chi connectivity index (χ3v) is 5.46. The van der Waals surface area contributed by atoms with Crippen molar-refractivity contribution < 1.29 is 19.4 Å². The molecule has 0 saturated carbocycles. The zero-order chi connectivity index (χ0) is 18.9. The molecule has 2 N–H and O–H groups in total. The van der Waals surface area contributed by atoms with Gasteiger partial charge in [0, 0.05) is 31.0 Å². The zero-order valence-electron chi connectivity index (χ0n) is 15.0. The van der Waals surface area contributed by atoms with Crippen LogP contribution < -0.4 is 5.32 Å². The lowest BCUT2D eigenvalue weighted by Crippen LogP contribution is -2.54. The van der Waals surface area contributed by atoms with Crippen LogP contribution in [0.2, 0.25) is 0 Å². The lowest BCUT2D eigenvalue weighted by atomic mass is 9.84. The van der Waals surface area contributed by atoms with Gasteiger partial charge in [-0.2, -0.15) is 0 Å². The standard InChI is InChI=1S/C21H22N2O4/c24-17-7-5-16(6-8-17)22-19(25)13-21(9-11-27-12-10-21)23-14-15-3-1-2-4-18(15)20(23)26/h1-8,24H,9-14H2,(H,22,25). The molecule has 1 saturated heterocycles. The van der Waals surface area contributed by atoms with E-state index in [9.17, 15) is 14.7 Å². The molecule has 2 heterocycles. The van der Waals surface area contributed by atoms with Crippen molar-refractivity contribution in [2.45, 2.75) is 31.3 Å². The summed E-state index contributed by atoms with van der Waals surface area (Å²) < 4.78 is 5.51. The highest BCUT2D eigenvalue weighted by Gasteiger charge is 2.46. The van der Waals surface area contributed by atoms with Crippen LogP contribution in [0.1, 0.15) is 35.2 Å². The Kier molecular flexibility index (Phi) is 4.58. The smallest absolute Gasteiger partial charge is 0.254 e. The number of fused-ring (bicyclic) bond motifs is 1. The third kappa shape index (κ3) is 3.40. The van der Waals surface area contributed by atoms with E-state index in [1.165, 1.54) is 12.1 Å². The molecule has 2 aromatic carbocycles. The molecule has 2 amide bonds. The number of anilines is 1. The first-order valence-corrected chi connectivity index (χ1v) is 9.14. The van der Waals surface area contributed by atoms with Crippen molar-refractivity contribution in [3.8, 4) is 5.75 Å². The third-order valence-electron chi connectivity index (χ3n) is 5.46. The number of nitrogens with zero attached hydrogens (tertiary/aromatic N) is 1. The summed E-state index contributed by atoms with van der Waals surface area (Å²) >= 11 is 0. The molecule has 2 aliphatic rings. The van der Waals surface area contributed by atoms with E-state index in [1.54, 1.807) is 12.1 Å². The fourth-order valence-electron chi connectivity index (χ4n) is 3.98. The molecule has 4 rings (SSSR count). The lowest BCUT2D eigenvalue weighted by Gasteiger charge is -2.44. The Morgan fingerprint density at radius 2 is 1.81 bits per heavy atom. The van der Waals surface area contributed by atoms with Crippen LogP contribution >= 0.6 is 0 Å². The summed E-state index contributed by atoms with van der Waals surface area (Å²) in [6.07, 6.45) is 1.49. The topological polar surface area (TPSA) is 78.9 Å². The van der Waals surface area contributed by atoms with Gasteiger partial charge in [0.2, 0.25) is 5.91 Å². The summed E-state index contributed by atoms with van der Waals surface area (Å²) in [5.41, 5.74) is 1.81. The molecule has 0 spiro atoms. The number of hydrogen-bond acceptors (Lipinski definition) is 4. The summed E-state index contributed by atoms with van der Waals surface area (Å²) in [7, 11) is 0. The molecule has 2 aromatic rings. The highest BCUT2D eigenvalue weighted by atomic mass is 16.5. The van der Waals surface area contributed by atoms with Crippen LogP contribution in [0.25, 0.3) is 0 Å².